The Morgan fingerprint density at radius 1 is 0.368 bits per heavy atom. The van der Waals surface area contributed by atoms with E-state index in [1.807, 2.05) is 0 Å². The molecular weight excluding hydrogens is 935 g/mol. The molecule has 0 bridgehead atoms. The topological polar surface area (TPSA) is 95.9 Å². The predicted octanol–water partition coefficient (Wildman–Crippen LogP) is 21.9. The molecule has 2 unspecified atom stereocenters. The first kappa shape index (κ1) is 74.1. The van der Waals surface area contributed by atoms with E-state index in [2.05, 4.69) is 55.6 Å². The standard InChI is InChI=1S/C70H133NO5/c1-3-5-7-9-11-13-15-17-19-20-33-36-40-44-48-52-56-60-64-70(75)76-65-61-57-53-49-45-41-37-34-31-29-27-25-23-21-22-24-26-28-30-32-35-39-43-47-51-55-59-63-69(74)71-67(66-72)68(73)62-58-54-50-46-42-38-18-16-14-12-10-8-6-4-2/h19-22,25,27,67-68,72-73H,3-18,23-24,26,28-66H2,1-2H3,(H,71,74)/b20-19-,22-21-,27-25-. The second-order valence-electron chi connectivity index (χ2n) is 23.5. The molecule has 0 aromatic rings. The minimum atomic E-state index is -0.666. The van der Waals surface area contributed by atoms with Gasteiger partial charge in [-0.3, -0.25) is 9.59 Å². The average molecular weight is 1070 g/mol. The molecule has 0 aromatic carbocycles. The third-order valence-electron chi connectivity index (χ3n) is 15.9. The quantitative estimate of drug-likeness (QED) is 0.0320. The highest BCUT2D eigenvalue weighted by Gasteiger charge is 2.20. The summed E-state index contributed by atoms with van der Waals surface area (Å²) in [5.41, 5.74) is 0. The van der Waals surface area contributed by atoms with Gasteiger partial charge >= 0.3 is 5.97 Å². The number of rotatable bonds is 64. The van der Waals surface area contributed by atoms with Crippen LogP contribution in [0, 0.1) is 0 Å². The lowest BCUT2D eigenvalue weighted by molar-refractivity contribution is -0.143. The van der Waals surface area contributed by atoms with Gasteiger partial charge in [-0.25, -0.2) is 0 Å². The van der Waals surface area contributed by atoms with Gasteiger partial charge in [0.1, 0.15) is 0 Å². The number of aliphatic hydroxyl groups is 2. The lowest BCUT2D eigenvalue weighted by Crippen LogP contribution is -2.45. The molecule has 0 saturated heterocycles. The molecule has 0 fully saturated rings. The molecule has 2 atom stereocenters. The summed E-state index contributed by atoms with van der Waals surface area (Å²) in [6.45, 7) is 4.97. The number of nitrogens with one attached hydrogen (secondary N) is 1. The van der Waals surface area contributed by atoms with Gasteiger partial charge in [-0.1, -0.05) is 314 Å². The fourth-order valence-electron chi connectivity index (χ4n) is 10.7. The summed E-state index contributed by atoms with van der Waals surface area (Å²) in [6.07, 6.45) is 83.2. The molecule has 76 heavy (non-hydrogen) atoms. The van der Waals surface area contributed by atoms with Crippen molar-refractivity contribution < 1.29 is 24.5 Å². The van der Waals surface area contributed by atoms with E-state index in [4.69, 9.17) is 4.74 Å². The smallest absolute Gasteiger partial charge is 0.305 e. The molecule has 0 heterocycles. The lowest BCUT2D eigenvalue weighted by Gasteiger charge is -2.22. The molecule has 6 nitrogen and oxygen atoms in total. The van der Waals surface area contributed by atoms with Crippen LogP contribution in [0.25, 0.3) is 0 Å². The average Bonchev–Trinajstić information content (AvgIpc) is 3.42. The molecule has 0 radical (unpaired) electrons. The van der Waals surface area contributed by atoms with E-state index in [-0.39, 0.29) is 18.5 Å². The summed E-state index contributed by atoms with van der Waals surface area (Å²) in [5, 5.41) is 23.3. The number of esters is 1. The number of hydrogen-bond donors (Lipinski definition) is 3. The number of unbranched alkanes of at least 4 members (excludes halogenated alkanes) is 47. The Labute approximate surface area is 474 Å². The highest BCUT2D eigenvalue weighted by molar-refractivity contribution is 5.76. The Bertz CT molecular complexity index is 1230. The molecule has 0 aliphatic carbocycles. The van der Waals surface area contributed by atoms with Gasteiger partial charge in [-0.2, -0.15) is 0 Å². The number of aliphatic hydroxyl groups excluding tert-OH is 2. The molecular formula is C70H133NO5. The van der Waals surface area contributed by atoms with Crippen molar-refractivity contribution in [3.63, 3.8) is 0 Å². The lowest BCUT2D eigenvalue weighted by atomic mass is 10.0. The maximum atomic E-state index is 12.5. The minimum Gasteiger partial charge on any atom is -0.466 e. The molecule has 0 spiro atoms. The van der Waals surface area contributed by atoms with Crippen molar-refractivity contribution >= 4 is 11.9 Å². The van der Waals surface area contributed by atoms with Crippen LogP contribution in [0.5, 0.6) is 0 Å². The fraction of sp³-hybridized carbons (Fsp3) is 0.886. The number of carbonyl (C=O) groups excluding carboxylic acids is 2. The van der Waals surface area contributed by atoms with Crippen LogP contribution >= 0.6 is 0 Å². The normalized spacial score (nSPS) is 12.7. The number of carbonyl (C=O) groups is 2. The van der Waals surface area contributed by atoms with Crippen molar-refractivity contribution in [3.05, 3.63) is 36.5 Å². The maximum Gasteiger partial charge on any atom is 0.305 e. The van der Waals surface area contributed by atoms with Crippen LogP contribution in [0.15, 0.2) is 36.5 Å². The van der Waals surface area contributed by atoms with Gasteiger partial charge in [-0.15, -0.1) is 0 Å². The number of ether oxygens (including phenoxy) is 1. The van der Waals surface area contributed by atoms with E-state index in [0.29, 0.717) is 25.9 Å². The minimum absolute atomic E-state index is 0.00810. The molecule has 0 aromatic heterocycles. The van der Waals surface area contributed by atoms with Crippen LogP contribution in [0.4, 0.5) is 0 Å². The van der Waals surface area contributed by atoms with Gasteiger partial charge < -0.3 is 20.3 Å². The Morgan fingerprint density at radius 2 is 0.658 bits per heavy atom. The van der Waals surface area contributed by atoms with Gasteiger partial charge in [0.25, 0.3) is 0 Å². The van der Waals surface area contributed by atoms with Gasteiger partial charge in [0.2, 0.25) is 5.91 Å². The molecule has 448 valence electrons. The van der Waals surface area contributed by atoms with Crippen LogP contribution in [-0.2, 0) is 14.3 Å². The maximum absolute atomic E-state index is 12.5. The SMILES string of the molecule is CCCCCCCCC/C=C\CCCCCCCCCC(=O)OCCCCCCCCCCC/C=C\C/C=C\CCCCCCCCCCCCCC(=O)NC(CO)C(O)CCCCCCCCCCCCCCCC. The molecule has 0 aliphatic rings. The van der Waals surface area contributed by atoms with Crippen molar-refractivity contribution in [3.8, 4) is 0 Å². The first-order valence-corrected chi connectivity index (χ1v) is 34.2. The Morgan fingerprint density at radius 3 is 1.01 bits per heavy atom. The summed E-state index contributed by atoms with van der Waals surface area (Å²) in [6, 6.07) is -0.544. The zero-order valence-corrected chi connectivity index (χ0v) is 51.3. The van der Waals surface area contributed by atoms with Crippen LogP contribution in [0.3, 0.4) is 0 Å². The first-order chi connectivity index (χ1) is 37.5. The van der Waals surface area contributed by atoms with Crippen LogP contribution < -0.4 is 5.32 Å². The van der Waals surface area contributed by atoms with Gasteiger partial charge in [0, 0.05) is 12.8 Å². The van der Waals surface area contributed by atoms with Crippen molar-refractivity contribution in [1.82, 2.24) is 5.32 Å². The number of hydrogen-bond acceptors (Lipinski definition) is 5. The highest BCUT2D eigenvalue weighted by atomic mass is 16.5. The molecule has 0 saturated carbocycles. The van der Waals surface area contributed by atoms with Gasteiger partial charge in [0.15, 0.2) is 0 Å². The monoisotopic (exact) mass is 1070 g/mol. The predicted molar refractivity (Wildman–Crippen MR) is 333 cm³/mol. The van der Waals surface area contributed by atoms with Gasteiger partial charge in [-0.05, 0) is 83.5 Å². The van der Waals surface area contributed by atoms with E-state index < -0.39 is 12.1 Å². The summed E-state index contributed by atoms with van der Waals surface area (Å²) >= 11 is 0. The first-order valence-electron chi connectivity index (χ1n) is 34.2. The Balaban J connectivity index is 3.40. The zero-order chi connectivity index (χ0) is 55.0. The summed E-state index contributed by atoms with van der Waals surface area (Å²) in [7, 11) is 0. The van der Waals surface area contributed by atoms with Crippen molar-refractivity contribution in [1.29, 1.82) is 0 Å². The van der Waals surface area contributed by atoms with E-state index >= 15 is 0 Å². The van der Waals surface area contributed by atoms with Crippen molar-refractivity contribution in [2.45, 2.75) is 386 Å². The van der Waals surface area contributed by atoms with Crippen LogP contribution in [0.2, 0.25) is 0 Å². The van der Waals surface area contributed by atoms with Crippen LogP contribution in [-0.4, -0.2) is 47.4 Å². The molecule has 6 heteroatoms. The van der Waals surface area contributed by atoms with E-state index in [1.54, 1.807) is 0 Å². The highest BCUT2D eigenvalue weighted by Crippen LogP contribution is 2.18. The summed E-state index contributed by atoms with van der Waals surface area (Å²) in [4.78, 5) is 24.6. The number of allylic oxidation sites excluding steroid dienone is 6. The Hall–Kier alpha value is -1.92. The molecule has 1 amide bonds. The third-order valence-corrected chi connectivity index (χ3v) is 15.9. The second kappa shape index (κ2) is 65.6. The summed E-state index contributed by atoms with van der Waals surface area (Å²) in [5.74, 6) is -0.0284. The third kappa shape index (κ3) is 61.3. The largest absolute Gasteiger partial charge is 0.466 e. The molecule has 0 rings (SSSR count). The van der Waals surface area contributed by atoms with E-state index in [0.717, 1.165) is 51.4 Å². The van der Waals surface area contributed by atoms with Crippen molar-refractivity contribution in [2.24, 2.45) is 0 Å². The van der Waals surface area contributed by atoms with Gasteiger partial charge in [0.05, 0.1) is 25.4 Å². The summed E-state index contributed by atoms with van der Waals surface area (Å²) < 4.78 is 5.50. The number of amides is 1. The molecule has 3 N–H and O–H groups in total. The van der Waals surface area contributed by atoms with Crippen molar-refractivity contribution in [2.75, 3.05) is 13.2 Å². The van der Waals surface area contributed by atoms with E-state index in [9.17, 15) is 19.8 Å². The fourth-order valence-corrected chi connectivity index (χ4v) is 10.7. The van der Waals surface area contributed by atoms with Crippen LogP contribution in [0.1, 0.15) is 373 Å². The Kier molecular flexibility index (Phi) is 63.9. The van der Waals surface area contributed by atoms with E-state index in [1.165, 1.54) is 289 Å². The molecule has 0 aliphatic heterocycles. The second-order valence-corrected chi connectivity index (χ2v) is 23.5. The zero-order valence-electron chi connectivity index (χ0n) is 51.3.